The van der Waals surface area contributed by atoms with E-state index in [0.717, 1.165) is 67.5 Å². The van der Waals surface area contributed by atoms with Crippen molar-refractivity contribution in [3.63, 3.8) is 0 Å². The number of fused-ring (bicyclic) bond motifs is 15. The van der Waals surface area contributed by atoms with Crippen molar-refractivity contribution < 1.29 is 0 Å². The van der Waals surface area contributed by atoms with Crippen molar-refractivity contribution >= 4 is 84.8 Å². The fraction of sp³-hybridized carbons (Fsp3) is 0. The minimum Gasteiger partial charge on any atom is -0.305 e. The van der Waals surface area contributed by atoms with E-state index in [1.165, 1.54) is 25.3 Å². The van der Waals surface area contributed by atoms with Crippen molar-refractivity contribution in [3.8, 4) is 0 Å². The number of rotatable bonds is 0. The summed E-state index contributed by atoms with van der Waals surface area (Å²) in [5.74, 6) is 2.71. The van der Waals surface area contributed by atoms with E-state index < -0.39 is 0 Å². The van der Waals surface area contributed by atoms with Crippen LogP contribution in [0, 0.1) is 0 Å². The summed E-state index contributed by atoms with van der Waals surface area (Å²) < 4.78 is 26.6. The summed E-state index contributed by atoms with van der Waals surface area (Å²) in [5, 5.41) is 56.8. The monoisotopic (exact) mass is 1790 g/mol. The topological polar surface area (TPSA) is 530 Å². The molecule has 0 bridgehead atoms. The van der Waals surface area contributed by atoms with Crippen LogP contribution in [-0.4, -0.2) is 248 Å². The highest BCUT2D eigenvalue weighted by Crippen LogP contribution is 2.05. The lowest BCUT2D eigenvalue weighted by Gasteiger charge is -1.86. The molecule has 0 radical (unpaired) electrons. The van der Waals surface area contributed by atoms with Gasteiger partial charge in [-0.05, 0) is 91.0 Å². The molecule has 51 heteroatoms. The lowest BCUT2D eigenvalue weighted by molar-refractivity contribution is 0.807. The lowest BCUT2D eigenvalue weighted by atomic mass is 10.5. The normalized spacial score (nSPS) is 10.2. The van der Waals surface area contributed by atoms with Gasteiger partial charge in [0.2, 0.25) is 11.6 Å². The van der Waals surface area contributed by atoms with Crippen LogP contribution in [0.25, 0.3) is 84.8 Å². The van der Waals surface area contributed by atoms with Gasteiger partial charge in [-0.15, -0.1) is 25.5 Å². The minimum atomic E-state index is 0.637. The maximum Gasteiger partial charge on any atom is 0.253 e. The summed E-state index contributed by atoms with van der Waals surface area (Å²) in [6, 6.07) is 30.6. The first-order valence-corrected chi connectivity index (χ1v) is 39.7. The van der Waals surface area contributed by atoms with E-state index in [-0.39, 0.29) is 0 Å². The average molecular weight is 1790 g/mol. The summed E-state index contributed by atoms with van der Waals surface area (Å²) in [7, 11) is 0. The fourth-order valence-electron chi connectivity index (χ4n) is 11.1. The Bertz CT molecular complexity index is 6170. The van der Waals surface area contributed by atoms with Crippen molar-refractivity contribution in [1.29, 1.82) is 0 Å². The Morgan fingerprint density at radius 1 is 0.163 bits per heavy atom. The molecule has 30 rings (SSSR count). The predicted octanol–water partition coefficient (Wildman–Crippen LogP) is 7.31. The third-order valence-corrected chi connectivity index (χ3v) is 17.3. The standard InChI is InChI=1S/9C6H5N3.6C5H4N4/c1-3-9-4-2-8-6(9)5-7-1;1-2-7-5-9-4-3-8-6(1)9;1-2-6-7-3-4-8-9(6)5-1;1-2-6-3-4-7-8-9(6)5-1;1-2-7-6-8-3-5-9(6)4-1;1-2-6-8-4-7-5-9(6)3-1;1-2-6-4-7-8-5-9(6)3-1;1-2-6-4-7-5-8-9(6)3-1;1-2-6-7-4-5-9(6)8-3-1;1-3-9-4-2-7-8-5(9)6-1;1-2-9-4-6-3-8-5(9)7-1;1-2-9-5(7-1)3-6-4-8-9;1-2-9-4-8-7-3-5(9)6-1;1-2-8-9-4-3-7-5(9)6-1;1-2-7-8-9-4-3-6-5(1)9/h9*1-5H;6*1-4H. The predicted molar refractivity (Wildman–Crippen MR) is 482 cm³/mol. The number of aromatic nitrogens is 51. The third kappa shape index (κ3) is 25.4. The quantitative estimate of drug-likeness (QED) is 0.143. The van der Waals surface area contributed by atoms with Crippen molar-refractivity contribution in [1.82, 2.24) is 248 Å². The fourth-order valence-corrected chi connectivity index (χ4v) is 11.1. The zero-order valence-corrected chi connectivity index (χ0v) is 70.1. The summed E-state index contributed by atoms with van der Waals surface area (Å²) in [4.78, 5) is 82.6. The van der Waals surface area contributed by atoms with E-state index in [4.69, 9.17) is 0 Å². The summed E-state index contributed by atoms with van der Waals surface area (Å²) >= 11 is 0. The molecule has 0 unspecified atom stereocenters. The van der Waals surface area contributed by atoms with Crippen LogP contribution < -0.4 is 0 Å². The van der Waals surface area contributed by atoms with E-state index in [0.29, 0.717) is 17.3 Å². The van der Waals surface area contributed by atoms with Gasteiger partial charge >= 0.3 is 0 Å². The second kappa shape index (κ2) is 46.7. The van der Waals surface area contributed by atoms with Gasteiger partial charge in [-0.2, -0.15) is 40.8 Å². The molecule has 0 spiro atoms. The molecule has 0 aliphatic heterocycles. The molecule has 0 saturated heterocycles. The van der Waals surface area contributed by atoms with Crippen LogP contribution in [0.2, 0.25) is 0 Å². The van der Waals surface area contributed by atoms with Crippen LogP contribution in [0.4, 0.5) is 0 Å². The van der Waals surface area contributed by atoms with Gasteiger partial charge in [0.15, 0.2) is 33.9 Å². The van der Waals surface area contributed by atoms with Crippen LogP contribution in [0.3, 0.4) is 0 Å². The Morgan fingerprint density at radius 3 is 1.39 bits per heavy atom. The van der Waals surface area contributed by atoms with Gasteiger partial charge < -0.3 is 8.80 Å². The Balaban J connectivity index is 0.000000105. The van der Waals surface area contributed by atoms with Crippen LogP contribution in [0.5, 0.6) is 0 Å². The maximum absolute atomic E-state index is 4.04. The van der Waals surface area contributed by atoms with E-state index in [1.54, 1.807) is 275 Å². The molecular formula is C84H69N51. The number of imidazole rings is 10. The molecule has 660 valence electrons. The molecule has 0 saturated carbocycles. The molecule has 0 aliphatic rings. The molecule has 30 aromatic heterocycles. The maximum atomic E-state index is 4.04. The van der Waals surface area contributed by atoms with Gasteiger partial charge in [-0.25, -0.2) is 131 Å². The van der Waals surface area contributed by atoms with Gasteiger partial charge in [0, 0.05) is 198 Å². The Labute approximate surface area is 756 Å². The van der Waals surface area contributed by atoms with Crippen LogP contribution in [0.15, 0.2) is 427 Å². The van der Waals surface area contributed by atoms with Gasteiger partial charge in [0.1, 0.15) is 68.2 Å². The Kier molecular flexibility index (Phi) is 30.2. The van der Waals surface area contributed by atoms with E-state index in [2.05, 4.69) is 181 Å². The molecular weight excluding hydrogens is 1720 g/mol. The first-order chi connectivity index (χ1) is 67.0. The molecule has 51 nitrogen and oxygen atoms in total. The van der Waals surface area contributed by atoms with Crippen LogP contribution >= 0.6 is 0 Å². The molecule has 0 N–H and O–H groups in total. The smallest absolute Gasteiger partial charge is 0.253 e. The van der Waals surface area contributed by atoms with Crippen LogP contribution in [0.1, 0.15) is 0 Å². The van der Waals surface area contributed by atoms with Crippen molar-refractivity contribution in [2.45, 2.75) is 0 Å². The largest absolute Gasteiger partial charge is 0.305 e. The molecule has 0 fully saturated rings. The van der Waals surface area contributed by atoms with E-state index in [9.17, 15) is 0 Å². The van der Waals surface area contributed by atoms with Crippen molar-refractivity contribution in [3.05, 3.63) is 427 Å². The molecule has 0 atom stereocenters. The average Bonchev–Trinajstić information content (AvgIpc) is 1.90. The van der Waals surface area contributed by atoms with E-state index >= 15 is 0 Å². The SMILES string of the molecule is c1cc2ccnnn2c1.c1cc2cncnn2c1.c1cc2cnncn2c1.c1cc2nccn2cn1.c1cc2nccn2nn1.c1cc2nccnn2c1.c1cc2ncncn2c1.c1cn2ccnc2cn1.c1cn2ccnc2nn1.c1cn2cncnc2n1.c1cn2cnncc2n1.c1cn2ncncc2n1.c1cnc2nccn2c1.c1cnn2ccnc2c1.c1cnn2ccnc2n1. The molecule has 0 aromatic carbocycles. The van der Waals surface area contributed by atoms with Gasteiger partial charge in [-0.1, -0.05) is 10.4 Å². The number of nitrogens with zero attached hydrogens (tertiary/aromatic N) is 51. The number of hydrogen-bond acceptors (Lipinski definition) is 36. The second-order valence-corrected chi connectivity index (χ2v) is 25.9. The molecule has 0 amide bonds. The van der Waals surface area contributed by atoms with Crippen molar-refractivity contribution in [2.24, 2.45) is 0 Å². The zero-order valence-electron chi connectivity index (χ0n) is 70.1. The molecule has 0 aliphatic carbocycles. The molecule has 135 heavy (non-hydrogen) atoms. The summed E-state index contributed by atoms with van der Waals surface area (Å²) in [6.07, 6.45) is 91.5. The Morgan fingerprint density at radius 2 is 0.637 bits per heavy atom. The lowest BCUT2D eigenvalue weighted by Crippen LogP contribution is -1.90. The highest BCUT2D eigenvalue weighted by molar-refractivity contribution is 5.46. The summed E-state index contributed by atoms with van der Waals surface area (Å²) in [6.45, 7) is 0. The highest BCUT2D eigenvalue weighted by atomic mass is 15.4. The first-order valence-electron chi connectivity index (χ1n) is 39.7. The van der Waals surface area contributed by atoms with Gasteiger partial charge in [0.25, 0.3) is 11.6 Å². The van der Waals surface area contributed by atoms with Gasteiger partial charge in [-0.3, -0.25) is 31.4 Å². The zero-order chi connectivity index (χ0) is 91.6. The highest BCUT2D eigenvalue weighted by Gasteiger charge is 1.99. The number of hydrogen-bond donors (Lipinski definition) is 0. The van der Waals surface area contributed by atoms with Crippen LogP contribution in [-0.2, 0) is 0 Å². The first kappa shape index (κ1) is 87.4. The Hall–Kier alpha value is -21.1. The van der Waals surface area contributed by atoms with Crippen molar-refractivity contribution in [2.75, 3.05) is 0 Å². The minimum absolute atomic E-state index is 0.637. The summed E-state index contributed by atoms with van der Waals surface area (Å²) in [5.41, 5.74) is 10.1. The molecule has 30 heterocycles. The van der Waals surface area contributed by atoms with E-state index in [1.807, 2.05) is 194 Å². The second-order valence-electron chi connectivity index (χ2n) is 25.9. The third-order valence-electron chi connectivity index (χ3n) is 17.3. The van der Waals surface area contributed by atoms with Gasteiger partial charge in [0.05, 0.1) is 97.1 Å². The molecule has 30 aromatic rings.